The molecule has 126 valence electrons. The highest BCUT2D eigenvalue weighted by Crippen LogP contribution is 2.30. The van der Waals surface area contributed by atoms with Crippen LogP contribution in [-0.2, 0) is 6.54 Å². The molecule has 4 heteroatoms. The van der Waals surface area contributed by atoms with Gasteiger partial charge >= 0.3 is 5.97 Å². The molecular weight excluding hydrogens is 288 g/mol. The Bertz CT molecular complexity index is 525. The van der Waals surface area contributed by atoms with Gasteiger partial charge in [-0.2, -0.15) is 0 Å². The molecule has 1 aromatic rings. The molecule has 2 unspecified atom stereocenters. The fraction of sp³-hybridized carbons (Fsp3) is 0.632. The summed E-state index contributed by atoms with van der Waals surface area (Å²) in [7, 11) is 0. The van der Waals surface area contributed by atoms with E-state index < -0.39 is 5.97 Å². The Kier molecular flexibility index (Phi) is 5.34. The van der Waals surface area contributed by atoms with Gasteiger partial charge in [-0.15, -0.1) is 0 Å². The van der Waals surface area contributed by atoms with Crippen LogP contribution in [0.25, 0.3) is 0 Å². The van der Waals surface area contributed by atoms with Crippen LogP contribution in [0.1, 0.15) is 54.9 Å². The first kappa shape index (κ1) is 16.5. The molecule has 0 aromatic heterocycles. The third kappa shape index (κ3) is 4.12. The molecule has 0 bridgehead atoms. The van der Waals surface area contributed by atoms with E-state index in [0.717, 1.165) is 24.1 Å². The highest BCUT2D eigenvalue weighted by atomic mass is 16.4. The predicted molar refractivity (Wildman–Crippen MR) is 91.6 cm³/mol. The first-order chi connectivity index (χ1) is 11.1. The largest absolute Gasteiger partial charge is 0.478 e. The summed E-state index contributed by atoms with van der Waals surface area (Å²) in [6.07, 6.45) is 6.83. The summed E-state index contributed by atoms with van der Waals surface area (Å²) in [5, 5.41) is 12.6. The molecule has 0 radical (unpaired) electrons. The van der Waals surface area contributed by atoms with Crippen molar-refractivity contribution in [2.45, 2.75) is 57.7 Å². The summed E-state index contributed by atoms with van der Waals surface area (Å²) >= 11 is 0. The van der Waals surface area contributed by atoms with Crippen molar-refractivity contribution in [3.05, 3.63) is 35.4 Å². The Morgan fingerprint density at radius 2 is 2.00 bits per heavy atom. The first-order valence-electron chi connectivity index (χ1n) is 8.93. The molecule has 4 nitrogen and oxygen atoms in total. The van der Waals surface area contributed by atoms with Crippen LogP contribution in [0.2, 0.25) is 0 Å². The van der Waals surface area contributed by atoms with Crippen LogP contribution < -0.4 is 5.32 Å². The van der Waals surface area contributed by atoms with E-state index in [1.165, 1.54) is 45.2 Å². The maximum Gasteiger partial charge on any atom is 0.335 e. The zero-order chi connectivity index (χ0) is 16.2. The second-order valence-corrected chi connectivity index (χ2v) is 7.15. The number of piperidine rings is 1. The molecule has 1 aliphatic carbocycles. The minimum absolute atomic E-state index is 0.352. The summed E-state index contributed by atoms with van der Waals surface area (Å²) in [5.74, 6) is -0.140. The number of carboxylic acid groups (broad SMARTS) is 1. The lowest BCUT2D eigenvalue weighted by Crippen LogP contribution is -2.49. The number of nitrogens with zero attached hydrogens (tertiary/aromatic N) is 1. The van der Waals surface area contributed by atoms with Gasteiger partial charge < -0.3 is 15.3 Å². The molecule has 1 heterocycles. The Labute approximate surface area is 138 Å². The number of aromatic carboxylic acids is 1. The van der Waals surface area contributed by atoms with Gasteiger partial charge in [0.25, 0.3) is 0 Å². The predicted octanol–water partition coefficient (Wildman–Crippen LogP) is 3.13. The molecule has 2 fully saturated rings. The average Bonchev–Trinajstić information content (AvgIpc) is 2.51. The fourth-order valence-electron chi connectivity index (χ4n) is 3.74. The van der Waals surface area contributed by atoms with E-state index in [9.17, 15) is 4.79 Å². The van der Waals surface area contributed by atoms with Crippen LogP contribution in [-0.4, -0.2) is 41.1 Å². The lowest BCUT2D eigenvalue weighted by atomic mass is 9.85. The molecule has 3 rings (SSSR count). The van der Waals surface area contributed by atoms with Gasteiger partial charge in [-0.3, -0.25) is 0 Å². The maximum atomic E-state index is 10.9. The quantitative estimate of drug-likeness (QED) is 0.846. The van der Waals surface area contributed by atoms with Crippen molar-refractivity contribution in [2.24, 2.45) is 5.92 Å². The molecule has 1 aromatic carbocycles. The van der Waals surface area contributed by atoms with E-state index in [0.29, 0.717) is 11.6 Å². The second kappa shape index (κ2) is 7.45. The molecule has 0 spiro atoms. The highest BCUT2D eigenvalue weighted by Gasteiger charge is 2.31. The van der Waals surface area contributed by atoms with Gasteiger partial charge in [0.15, 0.2) is 0 Å². The molecule has 0 amide bonds. The minimum Gasteiger partial charge on any atom is -0.478 e. The smallest absolute Gasteiger partial charge is 0.335 e. The Morgan fingerprint density at radius 3 is 2.61 bits per heavy atom. The summed E-state index contributed by atoms with van der Waals surface area (Å²) in [6.45, 7) is 5.61. The summed E-state index contributed by atoms with van der Waals surface area (Å²) in [5.41, 5.74) is 1.50. The number of benzene rings is 1. The second-order valence-electron chi connectivity index (χ2n) is 7.15. The van der Waals surface area contributed by atoms with Crippen molar-refractivity contribution in [1.29, 1.82) is 0 Å². The van der Waals surface area contributed by atoms with Crippen LogP contribution in [0, 0.1) is 5.92 Å². The lowest BCUT2D eigenvalue weighted by Gasteiger charge is -2.44. The van der Waals surface area contributed by atoms with Gasteiger partial charge in [-0.1, -0.05) is 18.6 Å². The van der Waals surface area contributed by atoms with Crippen molar-refractivity contribution in [2.75, 3.05) is 13.1 Å². The SMILES string of the molecule is CC(NCc1ccc(C(=O)O)cc1)C1CCCN(C2CCC2)C1. The standard InChI is InChI=1S/C19H28N2O2/c1-14(17-4-3-11-21(13-17)18-5-2-6-18)20-12-15-7-9-16(10-8-15)19(22)23/h7-10,14,17-18,20H,2-6,11-13H2,1H3,(H,22,23). The zero-order valence-electron chi connectivity index (χ0n) is 14.0. The Morgan fingerprint density at radius 1 is 1.26 bits per heavy atom. The average molecular weight is 316 g/mol. The molecule has 2 atom stereocenters. The van der Waals surface area contributed by atoms with Crippen molar-refractivity contribution >= 4 is 5.97 Å². The molecule has 1 saturated carbocycles. The van der Waals surface area contributed by atoms with Crippen LogP contribution in [0.5, 0.6) is 0 Å². The highest BCUT2D eigenvalue weighted by molar-refractivity contribution is 5.87. The van der Waals surface area contributed by atoms with Gasteiger partial charge in [0.05, 0.1) is 5.56 Å². The van der Waals surface area contributed by atoms with Crippen molar-refractivity contribution in [1.82, 2.24) is 10.2 Å². The molecule has 23 heavy (non-hydrogen) atoms. The number of rotatable bonds is 6. The third-order valence-electron chi connectivity index (χ3n) is 5.62. The number of hydrogen-bond donors (Lipinski definition) is 2. The maximum absolute atomic E-state index is 10.9. The zero-order valence-corrected chi connectivity index (χ0v) is 14.0. The van der Waals surface area contributed by atoms with Crippen LogP contribution in [0.3, 0.4) is 0 Å². The van der Waals surface area contributed by atoms with Gasteiger partial charge in [-0.05, 0) is 62.8 Å². The lowest BCUT2D eigenvalue weighted by molar-refractivity contribution is 0.0665. The molecular formula is C19H28N2O2. The monoisotopic (exact) mass is 316 g/mol. The van der Waals surface area contributed by atoms with E-state index in [2.05, 4.69) is 17.1 Å². The van der Waals surface area contributed by atoms with E-state index in [1.807, 2.05) is 12.1 Å². The third-order valence-corrected chi connectivity index (χ3v) is 5.62. The number of likely N-dealkylation sites (tertiary alicyclic amines) is 1. The van der Waals surface area contributed by atoms with Crippen LogP contribution in [0.15, 0.2) is 24.3 Å². The van der Waals surface area contributed by atoms with Crippen LogP contribution >= 0.6 is 0 Å². The molecule has 1 saturated heterocycles. The number of hydrogen-bond acceptors (Lipinski definition) is 3. The van der Waals surface area contributed by atoms with E-state index in [4.69, 9.17) is 5.11 Å². The van der Waals surface area contributed by atoms with Gasteiger partial charge in [-0.25, -0.2) is 4.79 Å². The van der Waals surface area contributed by atoms with Crippen LogP contribution in [0.4, 0.5) is 0 Å². The summed E-state index contributed by atoms with van der Waals surface area (Å²) < 4.78 is 0. The topological polar surface area (TPSA) is 52.6 Å². The van der Waals surface area contributed by atoms with E-state index in [1.54, 1.807) is 12.1 Å². The normalized spacial score (nSPS) is 24.1. The molecule has 2 aliphatic rings. The van der Waals surface area contributed by atoms with Crippen molar-refractivity contribution in [3.8, 4) is 0 Å². The number of nitrogens with one attached hydrogen (secondary N) is 1. The molecule has 1 aliphatic heterocycles. The Balaban J connectivity index is 1.48. The van der Waals surface area contributed by atoms with Crippen molar-refractivity contribution < 1.29 is 9.90 Å². The van der Waals surface area contributed by atoms with Crippen molar-refractivity contribution in [3.63, 3.8) is 0 Å². The minimum atomic E-state index is -0.865. The van der Waals surface area contributed by atoms with Gasteiger partial charge in [0, 0.05) is 25.2 Å². The molecule has 2 N–H and O–H groups in total. The first-order valence-corrected chi connectivity index (χ1v) is 8.93. The summed E-state index contributed by atoms with van der Waals surface area (Å²) in [6, 6.07) is 8.53. The Hall–Kier alpha value is -1.39. The van der Waals surface area contributed by atoms with Gasteiger partial charge in [0.2, 0.25) is 0 Å². The number of carboxylic acids is 1. The van der Waals surface area contributed by atoms with E-state index >= 15 is 0 Å². The number of carbonyl (C=O) groups is 1. The van der Waals surface area contributed by atoms with E-state index in [-0.39, 0.29) is 0 Å². The van der Waals surface area contributed by atoms with Gasteiger partial charge in [0.1, 0.15) is 0 Å². The summed E-state index contributed by atoms with van der Waals surface area (Å²) in [4.78, 5) is 13.6. The fourth-order valence-corrected chi connectivity index (χ4v) is 3.74.